The number of guanidine groups is 1. The van der Waals surface area contributed by atoms with Crippen LogP contribution in [-0.2, 0) is 9.59 Å². The third-order valence-corrected chi connectivity index (χ3v) is 1.95. The number of hydrogen-bond donors (Lipinski definition) is 4. The van der Waals surface area contributed by atoms with Gasteiger partial charge in [0.25, 0.3) is 0 Å². The Labute approximate surface area is 123 Å². The lowest BCUT2D eigenvalue weighted by Gasteiger charge is -2.10. The van der Waals surface area contributed by atoms with Crippen molar-refractivity contribution in [2.45, 2.75) is 39.7 Å². The quantitative estimate of drug-likeness (QED) is 0.218. The van der Waals surface area contributed by atoms with Gasteiger partial charge in [0.2, 0.25) is 5.91 Å². The van der Waals surface area contributed by atoms with Crippen molar-refractivity contribution >= 4 is 26.6 Å². The number of nitrogens with two attached hydrogens (primary N) is 3. The summed E-state index contributed by atoms with van der Waals surface area (Å²) in [7, 11) is 1.97. The Morgan fingerprint density at radius 1 is 1.25 bits per heavy atom. The maximum atomic E-state index is 11.3. The van der Waals surface area contributed by atoms with Crippen molar-refractivity contribution in [3.8, 4) is 0 Å². The zero-order valence-corrected chi connectivity index (χ0v) is 13.7. The monoisotopic (exact) mass is 305 g/mol. The molecule has 8 heteroatoms. The van der Waals surface area contributed by atoms with Gasteiger partial charge in [0.1, 0.15) is 0 Å². The second kappa shape index (κ2) is 12.8. The summed E-state index contributed by atoms with van der Waals surface area (Å²) >= 11 is 0. The van der Waals surface area contributed by atoms with Gasteiger partial charge < -0.3 is 22.5 Å². The van der Waals surface area contributed by atoms with Gasteiger partial charge in [-0.1, -0.05) is 30.0 Å². The van der Waals surface area contributed by atoms with Crippen LogP contribution in [0.5, 0.6) is 0 Å². The second-order valence-electron chi connectivity index (χ2n) is 4.97. The van der Waals surface area contributed by atoms with E-state index in [9.17, 15) is 9.59 Å². The maximum Gasteiger partial charge on any atom is 0.237 e. The zero-order chi connectivity index (χ0) is 16.1. The van der Waals surface area contributed by atoms with Crippen molar-refractivity contribution in [2.24, 2.45) is 28.1 Å². The van der Waals surface area contributed by atoms with Crippen molar-refractivity contribution in [1.82, 2.24) is 5.32 Å². The number of amides is 1. The minimum absolute atomic E-state index is 0.0200. The maximum absolute atomic E-state index is 11.3. The van der Waals surface area contributed by atoms with Crippen molar-refractivity contribution < 1.29 is 9.59 Å². The van der Waals surface area contributed by atoms with Crippen LogP contribution < -0.4 is 22.5 Å². The van der Waals surface area contributed by atoms with E-state index in [1.165, 1.54) is 0 Å². The number of carbonyl (C=O) groups excluding carboxylic acids is 2. The molecule has 0 aromatic carbocycles. The van der Waals surface area contributed by atoms with E-state index in [1.807, 2.05) is 9.24 Å². The molecule has 0 fully saturated rings. The molecule has 0 saturated carbocycles. The summed E-state index contributed by atoms with van der Waals surface area (Å²) in [6.07, 6.45) is 1.08. The Hall–Kier alpha value is -1.20. The van der Waals surface area contributed by atoms with Gasteiger partial charge in [-0.3, -0.25) is 14.6 Å². The molecule has 0 rings (SSSR count). The van der Waals surface area contributed by atoms with Crippen molar-refractivity contribution in [3.05, 3.63) is 0 Å². The molecule has 0 heterocycles. The summed E-state index contributed by atoms with van der Waals surface area (Å²) in [5.41, 5.74) is 15.6. The molecule has 0 aliphatic rings. The number of nitrogens with one attached hydrogen (secondary N) is 1. The lowest BCUT2D eigenvalue weighted by molar-refractivity contribution is -0.124. The molecule has 1 unspecified atom stereocenters. The standard InChI is InChI=1S/C8H18N5O2P.C4H10/c9-5(2-1-3-12-8(10)11)7(15)13-4-6(14)16;1-4(2)3/h5H,1-4,9,16H2,(H,13,15)(H4,10,11,12);4H,1-3H3/t5-;/m0./s1. The van der Waals surface area contributed by atoms with Crippen LogP contribution in [0.4, 0.5) is 0 Å². The fourth-order valence-corrected chi connectivity index (χ4v) is 1.06. The normalized spacial score (nSPS) is 11.1. The lowest BCUT2D eigenvalue weighted by Crippen LogP contribution is -2.42. The van der Waals surface area contributed by atoms with Crippen LogP contribution >= 0.6 is 9.24 Å². The predicted octanol–water partition coefficient (Wildman–Crippen LogP) is -0.452. The average Bonchev–Trinajstić information content (AvgIpc) is 2.30. The van der Waals surface area contributed by atoms with E-state index in [0.717, 1.165) is 5.92 Å². The fraction of sp³-hybridized carbons (Fsp3) is 0.750. The number of rotatable bonds is 7. The third-order valence-electron chi connectivity index (χ3n) is 1.74. The highest BCUT2D eigenvalue weighted by molar-refractivity contribution is 7.40. The van der Waals surface area contributed by atoms with E-state index in [-0.39, 0.29) is 23.9 Å². The van der Waals surface area contributed by atoms with Gasteiger partial charge in [0, 0.05) is 6.54 Å². The predicted molar refractivity (Wildman–Crippen MR) is 86.1 cm³/mol. The lowest BCUT2D eigenvalue weighted by atomic mass is 10.1. The summed E-state index contributed by atoms with van der Waals surface area (Å²) in [5.74, 6) is 0.507. The van der Waals surface area contributed by atoms with Crippen LogP contribution in [0.25, 0.3) is 0 Å². The Balaban J connectivity index is 0. The topological polar surface area (TPSA) is 137 Å². The van der Waals surface area contributed by atoms with Gasteiger partial charge in [-0.2, -0.15) is 0 Å². The van der Waals surface area contributed by atoms with E-state index in [4.69, 9.17) is 17.2 Å². The van der Waals surface area contributed by atoms with Gasteiger partial charge in [0.05, 0.1) is 12.6 Å². The number of aliphatic imine (C=N–C) groups is 1. The molecule has 7 nitrogen and oxygen atoms in total. The van der Waals surface area contributed by atoms with E-state index < -0.39 is 6.04 Å². The number of nitrogens with zero attached hydrogens (tertiary/aromatic N) is 1. The second-order valence-corrected chi connectivity index (χ2v) is 5.62. The van der Waals surface area contributed by atoms with Crippen LogP contribution in [0.15, 0.2) is 4.99 Å². The molecule has 20 heavy (non-hydrogen) atoms. The van der Waals surface area contributed by atoms with Gasteiger partial charge in [0.15, 0.2) is 11.5 Å². The van der Waals surface area contributed by atoms with Gasteiger partial charge in [-0.15, -0.1) is 0 Å². The molecule has 0 bridgehead atoms. The third kappa shape index (κ3) is 19.1. The van der Waals surface area contributed by atoms with Crippen LogP contribution in [0.2, 0.25) is 0 Å². The number of hydrogen-bond acceptors (Lipinski definition) is 4. The van der Waals surface area contributed by atoms with Crippen LogP contribution in [0.1, 0.15) is 33.6 Å². The van der Waals surface area contributed by atoms with E-state index in [1.54, 1.807) is 0 Å². The largest absolute Gasteiger partial charge is 0.370 e. The SMILES string of the molecule is CC(C)C.NC(N)=NCCC[C@H](N)C(=O)NCC(=O)P. The van der Waals surface area contributed by atoms with E-state index in [0.29, 0.717) is 19.4 Å². The number of carbonyl (C=O) groups is 2. The Morgan fingerprint density at radius 2 is 1.75 bits per heavy atom. The molecular weight excluding hydrogens is 277 g/mol. The van der Waals surface area contributed by atoms with E-state index in [2.05, 4.69) is 31.1 Å². The fourth-order valence-electron chi connectivity index (χ4n) is 0.956. The first-order valence-electron chi connectivity index (χ1n) is 6.53. The molecule has 2 atom stereocenters. The molecule has 118 valence electrons. The summed E-state index contributed by atoms with van der Waals surface area (Å²) in [6.45, 7) is 6.91. The molecule has 0 aliphatic heterocycles. The van der Waals surface area contributed by atoms with Crippen LogP contribution in [0, 0.1) is 5.92 Å². The smallest absolute Gasteiger partial charge is 0.237 e. The minimum atomic E-state index is -0.640. The van der Waals surface area contributed by atoms with Crippen LogP contribution in [-0.4, -0.2) is 36.5 Å². The highest BCUT2D eigenvalue weighted by atomic mass is 31.0. The molecule has 0 aromatic heterocycles. The first-order valence-corrected chi connectivity index (χ1v) is 7.11. The molecule has 1 amide bonds. The minimum Gasteiger partial charge on any atom is -0.370 e. The van der Waals surface area contributed by atoms with Crippen molar-refractivity contribution in [2.75, 3.05) is 13.1 Å². The molecule has 0 saturated heterocycles. The summed E-state index contributed by atoms with van der Waals surface area (Å²) in [4.78, 5) is 25.6. The molecule has 7 N–H and O–H groups in total. The first-order chi connectivity index (χ1) is 9.16. The van der Waals surface area contributed by atoms with Crippen LogP contribution in [0.3, 0.4) is 0 Å². The summed E-state index contributed by atoms with van der Waals surface area (Å²) in [6, 6.07) is -0.640. The van der Waals surface area contributed by atoms with Crippen molar-refractivity contribution in [3.63, 3.8) is 0 Å². The zero-order valence-electron chi connectivity index (χ0n) is 12.6. The molecular formula is C12H28N5O2P. The molecule has 0 aliphatic carbocycles. The van der Waals surface area contributed by atoms with Gasteiger partial charge >= 0.3 is 0 Å². The molecule has 0 radical (unpaired) electrons. The highest BCUT2D eigenvalue weighted by Gasteiger charge is 2.12. The van der Waals surface area contributed by atoms with Crippen molar-refractivity contribution in [1.29, 1.82) is 0 Å². The first kappa shape index (κ1) is 21.1. The van der Waals surface area contributed by atoms with Gasteiger partial charge in [-0.05, 0) is 18.8 Å². The average molecular weight is 305 g/mol. The van der Waals surface area contributed by atoms with Gasteiger partial charge in [-0.25, -0.2) is 0 Å². The van der Waals surface area contributed by atoms with E-state index >= 15 is 0 Å². The summed E-state index contributed by atoms with van der Waals surface area (Å²) in [5, 5.41) is 2.41. The Bertz CT molecular complexity index is 314. The Kier molecular flexibility index (Phi) is 13.5. The highest BCUT2D eigenvalue weighted by Crippen LogP contribution is 1.95. The summed E-state index contributed by atoms with van der Waals surface area (Å²) < 4.78 is 0. The molecule has 0 aromatic rings. The Morgan fingerprint density at radius 3 is 2.15 bits per heavy atom. The molecule has 0 spiro atoms.